The van der Waals surface area contributed by atoms with Gasteiger partial charge in [-0.25, -0.2) is 0 Å². The van der Waals surface area contributed by atoms with Gasteiger partial charge in [0.2, 0.25) is 0 Å². The molecule has 6 heavy (non-hydrogen) atoms. The van der Waals surface area contributed by atoms with E-state index in [1.54, 1.807) is 13.2 Å². The predicted molar refractivity (Wildman–Crippen MR) is 25.3 cm³/mol. The third-order valence-electron chi connectivity index (χ3n) is 0.353. The lowest BCUT2D eigenvalue weighted by Crippen LogP contribution is -1.56. The largest absolute Gasteiger partial charge is 0.496 e. The van der Waals surface area contributed by atoms with Crippen molar-refractivity contribution < 1.29 is 4.74 Å². The first-order valence-corrected chi connectivity index (χ1v) is 1.80. The number of hydrogen-bond donors (Lipinski definition) is 0. The molecule has 0 N–H and O–H groups in total. The lowest BCUT2D eigenvalue weighted by atomic mass is 10.7. The number of rotatable bonds is 1. The Balaban J connectivity index is 3.18. The van der Waals surface area contributed by atoms with Gasteiger partial charge in [-0.3, -0.25) is 0 Å². The lowest BCUT2D eigenvalue weighted by Gasteiger charge is -1.74. The molecule has 0 rings (SSSR count). The average molecular weight is 84.1 g/mol. The van der Waals surface area contributed by atoms with Crippen LogP contribution in [-0.4, -0.2) is 7.11 Å². The molecule has 0 fully saturated rings. The molecule has 0 amide bonds. The summed E-state index contributed by atoms with van der Waals surface area (Å²) < 4.78 is 4.51. The molecule has 0 unspecified atom stereocenters. The van der Waals surface area contributed by atoms with E-state index < -0.39 is 0 Å². The van der Waals surface area contributed by atoms with Crippen LogP contribution in [0.15, 0.2) is 18.1 Å². The van der Waals surface area contributed by atoms with Crippen molar-refractivity contribution in [2.45, 2.75) is 6.92 Å². The summed E-state index contributed by atoms with van der Waals surface area (Å²) in [5.74, 6) is 0. The van der Waals surface area contributed by atoms with E-state index in [1.165, 1.54) is 6.26 Å². The first-order chi connectivity index (χ1) is 2.91. The van der Waals surface area contributed by atoms with Crippen LogP contribution >= 0.6 is 0 Å². The van der Waals surface area contributed by atoms with Crippen LogP contribution in [0.3, 0.4) is 0 Å². The van der Waals surface area contributed by atoms with Gasteiger partial charge in [-0.1, -0.05) is 5.73 Å². The Bertz CT molecular complexity index is 68.0. The summed E-state index contributed by atoms with van der Waals surface area (Å²) in [5, 5.41) is 0. The van der Waals surface area contributed by atoms with Gasteiger partial charge in [-0.2, -0.15) is 0 Å². The SMILES string of the molecule is CC=C=COC. The van der Waals surface area contributed by atoms with Gasteiger partial charge in [0.25, 0.3) is 0 Å². The smallest absolute Gasteiger partial charge is 0.124 e. The Kier molecular flexibility index (Phi) is 3.83. The topological polar surface area (TPSA) is 9.23 Å². The van der Waals surface area contributed by atoms with E-state index in [2.05, 4.69) is 10.5 Å². The van der Waals surface area contributed by atoms with Gasteiger partial charge in [0.15, 0.2) is 0 Å². The van der Waals surface area contributed by atoms with Crippen molar-refractivity contribution in [3.8, 4) is 0 Å². The van der Waals surface area contributed by atoms with Gasteiger partial charge in [-0.15, -0.1) is 0 Å². The normalized spacial score (nSPS) is 5.67. The summed E-state index contributed by atoms with van der Waals surface area (Å²) in [7, 11) is 1.59. The molecule has 0 heterocycles. The van der Waals surface area contributed by atoms with E-state index in [9.17, 15) is 0 Å². The first-order valence-electron chi connectivity index (χ1n) is 1.80. The van der Waals surface area contributed by atoms with Crippen LogP contribution < -0.4 is 0 Å². The number of ether oxygens (including phenoxy) is 1. The lowest BCUT2D eigenvalue weighted by molar-refractivity contribution is 0.339. The fourth-order valence-corrected chi connectivity index (χ4v) is 0.136. The highest BCUT2D eigenvalue weighted by atomic mass is 16.5. The fraction of sp³-hybridized carbons (Fsp3) is 0.400. The minimum Gasteiger partial charge on any atom is -0.496 e. The van der Waals surface area contributed by atoms with Crippen molar-refractivity contribution in [3.05, 3.63) is 18.1 Å². The molecule has 1 nitrogen and oxygen atoms in total. The molecule has 0 aromatic carbocycles. The highest BCUT2D eigenvalue weighted by Gasteiger charge is 1.46. The highest BCUT2D eigenvalue weighted by molar-refractivity contribution is 4.73. The van der Waals surface area contributed by atoms with E-state index in [-0.39, 0.29) is 0 Å². The molecule has 0 aliphatic rings. The van der Waals surface area contributed by atoms with Crippen molar-refractivity contribution in [1.29, 1.82) is 0 Å². The van der Waals surface area contributed by atoms with Gasteiger partial charge in [0.1, 0.15) is 6.26 Å². The number of methoxy groups -OCH3 is 1. The molecule has 0 aliphatic heterocycles. The zero-order valence-electron chi connectivity index (χ0n) is 4.06. The minimum absolute atomic E-state index is 1.50. The van der Waals surface area contributed by atoms with Gasteiger partial charge in [-0.05, 0) is 13.0 Å². The summed E-state index contributed by atoms with van der Waals surface area (Å²) in [4.78, 5) is 0. The first kappa shape index (κ1) is 5.32. The van der Waals surface area contributed by atoms with E-state index in [0.29, 0.717) is 0 Å². The second-order valence-corrected chi connectivity index (χ2v) is 0.809. The van der Waals surface area contributed by atoms with Crippen LogP contribution in [0.25, 0.3) is 0 Å². The maximum Gasteiger partial charge on any atom is 0.124 e. The molecule has 0 atom stereocenters. The van der Waals surface area contributed by atoms with Gasteiger partial charge in [0.05, 0.1) is 7.11 Å². The number of hydrogen-bond acceptors (Lipinski definition) is 1. The Labute approximate surface area is 37.9 Å². The predicted octanol–water partition coefficient (Wildman–Crippen LogP) is 1.32. The molecular formula is C5H8O. The Morgan fingerprint density at radius 1 is 1.67 bits per heavy atom. The van der Waals surface area contributed by atoms with Crippen LogP contribution in [0.2, 0.25) is 0 Å². The van der Waals surface area contributed by atoms with Crippen LogP contribution in [0.5, 0.6) is 0 Å². The zero-order valence-corrected chi connectivity index (χ0v) is 4.06. The summed E-state index contributed by atoms with van der Waals surface area (Å²) in [6, 6.07) is 0. The third-order valence-corrected chi connectivity index (χ3v) is 0.353. The molecule has 0 aromatic heterocycles. The Morgan fingerprint density at radius 3 is 2.50 bits per heavy atom. The van der Waals surface area contributed by atoms with E-state index in [0.717, 1.165) is 0 Å². The third kappa shape index (κ3) is 3.32. The van der Waals surface area contributed by atoms with E-state index >= 15 is 0 Å². The minimum atomic E-state index is 1.50. The molecule has 0 spiro atoms. The van der Waals surface area contributed by atoms with Gasteiger partial charge < -0.3 is 4.74 Å². The monoisotopic (exact) mass is 84.1 g/mol. The van der Waals surface area contributed by atoms with Crippen molar-refractivity contribution >= 4 is 0 Å². The molecule has 0 aromatic rings. The molecule has 0 radical (unpaired) electrons. The highest BCUT2D eigenvalue weighted by Crippen LogP contribution is 1.63. The van der Waals surface area contributed by atoms with Gasteiger partial charge >= 0.3 is 0 Å². The quantitative estimate of drug-likeness (QED) is 0.344. The van der Waals surface area contributed by atoms with E-state index in [4.69, 9.17) is 0 Å². The molecule has 0 aliphatic carbocycles. The van der Waals surface area contributed by atoms with Crippen LogP contribution in [0.1, 0.15) is 6.92 Å². The molecule has 0 saturated carbocycles. The van der Waals surface area contributed by atoms with Gasteiger partial charge in [0, 0.05) is 0 Å². The summed E-state index contributed by atoms with van der Waals surface area (Å²) >= 11 is 0. The van der Waals surface area contributed by atoms with Crippen LogP contribution in [0.4, 0.5) is 0 Å². The second-order valence-electron chi connectivity index (χ2n) is 0.809. The van der Waals surface area contributed by atoms with Crippen molar-refractivity contribution in [2.75, 3.05) is 7.11 Å². The molecule has 0 bridgehead atoms. The van der Waals surface area contributed by atoms with E-state index in [1.807, 2.05) is 6.92 Å². The maximum absolute atomic E-state index is 4.51. The fourth-order valence-electron chi connectivity index (χ4n) is 0.136. The molecule has 0 saturated heterocycles. The standard InChI is InChI=1S/C5H8O/c1-3-4-5-6-2/h3,5H,1-2H3. The van der Waals surface area contributed by atoms with Crippen LogP contribution in [-0.2, 0) is 4.74 Å². The summed E-state index contributed by atoms with van der Waals surface area (Å²) in [6.45, 7) is 1.88. The molecule has 34 valence electrons. The Morgan fingerprint density at radius 2 is 2.33 bits per heavy atom. The maximum atomic E-state index is 4.51. The molecule has 1 heteroatoms. The molecular weight excluding hydrogens is 76.1 g/mol. The summed E-state index contributed by atoms with van der Waals surface area (Å²) in [5.41, 5.74) is 2.73. The number of allylic oxidation sites excluding steroid dienone is 1. The van der Waals surface area contributed by atoms with Crippen molar-refractivity contribution in [1.82, 2.24) is 0 Å². The van der Waals surface area contributed by atoms with Crippen LogP contribution in [0, 0.1) is 0 Å². The Hall–Kier alpha value is -0.680. The second kappa shape index (κ2) is 4.32. The van der Waals surface area contributed by atoms with Crippen molar-refractivity contribution in [3.63, 3.8) is 0 Å². The zero-order chi connectivity index (χ0) is 4.83. The van der Waals surface area contributed by atoms with Crippen molar-refractivity contribution in [2.24, 2.45) is 0 Å². The average Bonchev–Trinajstić information content (AvgIpc) is 1.61. The summed E-state index contributed by atoms with van der Waals surface area (Å²) in [6.07, 6.45) is 3.28.